The summed E-state index contributed by atoms with van der Waals surface area (Å²) < 4.78 is 5.37. The SMILES string of the molecule is CCNC(=NCCc1nc(-c2cccc(Cl)c2)no1)NC1CCN(CC(C)C)CC1.I. The molecule has 0 spiro atoms. The number of guanidine groups is 1. The summed E-state index contributed by atoms with van der Waals surface area (Å²) in [6, 6.07) is 7.90. The zero-order chi connectivity index (χ0) is 21.3. The van der Waals surface area contributed by atoms with Crippen molar-refractivity contribution in [2.75, 3.05) is 32.7 Å². The molecule has 2 heterocycles. The number of aliphatic imine (C=N–C) groups is 1. The van der Waals surface area contributed by atoms with Gasteiger partial charge in [-0.3, -0.25) is 4.99 Å². The lowest BCUT2D eigenvalue weighted by Gasteiger charge is -2.34. The first-order chi connectivity index (χ1) is 14.5. The molecule has 1 fully saturated rings. The number of likely N-dealkylation sites (tertiary alicyclic amines) is 1. The molecule has 0 unspecified atom stereocenters. The van der Waals surface area contributed by atoms with E-state index in [9.17, 15) is 0 Å². The Morgan fingerprint density at radius 2 is 2.10 bits per heavy atom. The van der Waals surface area contributed by atoms with Gasteiger partial charge < -0.3 is 20.1 Å². The van der Waals surface area contributed by atoms with E-state index in [1.807, 2.05) is 24.3 Å². The number of hydrogen-bond donors (Lipinski definition) is 2. The normalized spacial score (nSPS) is 15.7. The first-order valence-electron chi connectivity index (χ1n) is 10.9. The number of aromatic nitrogens is 2. The zero-order valence-corrected chi connectivity index (χ0v) is 21.7. The summed E-state index contributed by atoms with van der Waals surface area (Å²) >= 11 is 6.04. The molecular weight excluding hydrogens is 527 g/mol. The second-order valence-corrected chi connectivity index (χ2v) is 8.58. The van der Waals surface area contributed by atoms with Crippen LogP contribution < -0.4 is 10.6 Å². The molecule has 31 heavy (non-hydrogen) atoms. The summed E-state index contributed by atoms with van der Waals surface area (Å²) in [5.74, 6) is 2.70. The van der Waals surface area contributed by atoms with E-state index in [1.165, 1.54) is 6.54 Å². The Hall–Kier alpha value is -1.39. The number of rotatable bonds is 8. The first kappa shape index (κ1) is 25.9. The fraction of sp³-hybridized carbons (Fsp3) is 0.591. The third-order valence-corrected chi connectivity index (χ3v) is 5.28. The van der Waals surface area contributed by atoms with Crippen LogP contribution in [0.1, 0.15) is 39.5 Å². The Balaban J connectivity index is 0.00000341. The molecule has 0 aliphatic carbocycles. The molecule has 3 rings (SSSR count). The van der Waals surface area contributed by atoms with Crippen LogP contribution in [0.2, 0.25) is 5.02 Å². The Morgan fingerprint density at radius 3 is 2.77 bits per heavy atom. The van der Waals surface area contributed by atoms with Gasteiger partial charge in [0.25, 0.3) is 0 Å². The highest BCUT2D eigenvalue weighted by Crippen LogP contribution is 2.20. The van der Waals surface area contributed by atoms with Crippen molar-refractivity contribution in [1.82, 2.24) is 25.7 Å². The van der Waals surface area contributed by atoms with E-state index in [2.05, 4.69) is 46.4 Å². The van der Waals surface area contributed by atoms with Gasteiger partial charge in [-0.15, -0.1) is 24.0 Å². The molecule has 1 aromatic carbocycles. The van der Waals surface area contributed by atoms with Crippen LogP contribution >= 0.6 is 35.6 Å². The van der Waals surface area contributed by atoms with Gasteiger partial charge in [0.1, 0.15) is 0 Å². The summed E-state index contributed by atoms with van der Waals surface area (Å²) in [4.78, 5) is 11.7. The Bertz CT molecular complexity index is 820. The monoisotopic (exact) mass is 560 g/mol. The van der Waals surface area contributed by atoms with Crippen LogP contribution in [-0.2, 0) is 6.42 Å². The van der Waals surface area contributed by atoms with Gasteiger partial charge in [-0.25, -0.2) is 0 Å². The maximum Gasteiger partial charge on any atom is 0.228 e. The lowest BCUT2D eigenvalue weighted by Crippen LogP contribution is -2.49. The van der Waals surface area contributed by atoms with Gasteiger partial charge >= 0.3 is 0 Å². The van der Waals surface area contributed by atoms with E-state index in [-0.39, 0.29) is 24.0 Å². The van der Waals surface area contributed by atoms with Crippen molar-refractivity contribution in [3.63, 3.8) is 0 Å². The quantitative estimate of drug-likeness (QED) is 0.286. The maximum atomic E-state index is 6.04. The molecule has 7 nitrogen and oxygen atoms in total. The van der Waals surface area contributed by atoms with Gasteiger partial charge in [-0.1, -0.05) is 42.7 Å². The van der Waals surface area contributed by atoms with Crippen LogP contribution in [-0.4, -0.2) is 59.8 Å². The highest BCUT2D eigenvalue weighted by Gasteiger charge is 2.20. The minimum Gasteiger partial charge on any atom is -0.357 e. The minimum absolute atomic E-state index is 0. The number of nitrogens with zero attached hydrogens (tertiary/aromatic N) is 4. The summed E-state index contributed by atoms with van der Waals surface area (Å²) in [6.45, 7) is 11.5. The number of nitrogens with one attached hydrogen (secondary N) is 2. The summed E-state index contributed by atoms with van der Waals surface area (Å²) in [5.41, 5.74) is 0.847. The van der Waals surface area contributed by atoms with E-state index in [1.54, 1.807) is 0 Å². The van der Waals surface area contributed by atoms with Gasteiger partial charge in [0, 0.05) is 49.2 Å². The van der Waals surface area contributed by atoms with E-state index in [0.29, 0.717) is 35.7 Å². The molecule has 2 aromatic rings. The number of piperidine rings is 1. The highest BCUT2D eigenvalue weighted by molar-refractivity contribution is 14.0. The summed E-state index contributed by atoms with van der Waals surface area (Å²) in [7, 11) is 0. The number of hydrogen-bond acceptors (Lipinski definition) is 5. The predicted octanol–water partition coefficient (Wildman–Crippen LogP) is 4.23. The van der Waals surface area contributed by atoms with Crippen molar-refractivity contribution in [2.45, 2.75) is 46.1 Å². The van der Waals surface area contributed by atoms with Crippen LogP contribution in [0.25, 0.3) is 11.4 Å². The third-order valence-electron chi connectivity index (χ3n) is 5.04. The van der Waals surface area contributed by atoms with Crippen molar-refractivity contribution in [3.8, 4) is 11.4 Å². The molecular formula is C22H34ClIN6O. The van der Waals surface area contributed by atoms with Crippen LogP contribution in [0.5, 0.6) is 0 Å². The van der Waals surface area contributed by atoms with Crippen LogP contribution in [0.4, 0.5) is 0 Å². The predicted molar refractivity (Wildman–Crippen MR) is 137 cm³/mol. The molecule has 1 aliphatic rings. The van der Waals surface area contributed by atoms with E-state index in [4.69, 9.17) is 21.1 Å². The standard InChI is InChI=1S/C22H33ClN6O.HI/c1-4-24-22(26-19-9-12-29(13-10-19)15-16(2)3)25-11-8-20-27-21(28-30-20)17-6-5-7-18(23)14-17;/h5-7,14,16,19H,4,8-13,15H2,1-3H3,(H2,24,25,26);1H. The smallest absolute Gasteiger partial charge is 0.228 e. The number of benzene rings is 1. The average Bonchev–Trinajstić information content (AvgIpc) is 3.18. The molecule has 1 aromatic heterocycles. The molecule has 9 heteroatoms. The molecule has 0 saturated carbocycles. The van der Waals surface area contributed by atoms with Gasteiger partial charge in [-0.2, -0.15) is 4.98 Å². The van der Waals surface area contributed by atoms with E-state index in [0.717, 1.165) is 49.9 Å². The highest BCUT2D eigenvalue weighted by atomic mass is 127. The average molecular weight is 561 g/mol. The molecule has 1 aliphatic heterocycles. The van der Waals surface area contributed by atoms with Crippen molar-refractivity contribution in [2.24, 2.45) is 10.9 Å². The maximum absolute atomic E-state index is 6.04. The van der Waals surface area contributed by atoms with Crippen LogP contribution in [0.3, 0.4) is 0 Å². The number of halogens is 2. The molecule has 1 saturated heterocycles. The van der Waals surface area contributed by atoms with Gasteiger partial charge in [-0.05, 0) is 37.8 Å². The molecule has 172 valence electrons. The van der Waals surface area contributed by atoms with Crippen molar-refractivity contribution in [1.29, 1.82) is 0 Å². The van der Waals surface area contributed by atoms with Crippen molar-refractivity contribution >= 4 is 41.5 Å². The van der Waals surface area contributed by atoms with Crippen molar-refractivity contribution in [3.05, 3.63) is 35.2 Å². The largest absolute Gasteiger partial charge is 0.357 e. The lowest BCUT2D eigenvalue weighted by molar-refractivity contribution is 0.187. The van der Waals surface area contributed by atoms with E-state index >= 15 is 0 Å². The summed E-state index contributed by atoms with van der Waals surface area (Å²) in [5, 5.41) is 11.6. The van der Waals surface area contributed by atoms with E-state index < -0.39 is 0 Å². The fourth-order valence-electron chi connectivity index (χ4n) is 3.65. The molecule has 0 atom stereocenters. The summed E-state index contributed by atoms with van der Waals surface area (Å²) in [6.07, 6.45) is 2.88. The fourth-order valence-corrected chi connectivity index (χ4v) is 3.84. The van der Waals surface area contributed by atoms with Crippen LogP contribution in [0, 0.1) is 5.92 Å². The molecule has 0 bridgehead atoms. The molecule has 0 radical (unpaired) electrons. The Kier molecular flexibility index (Phi) is 11.0. The minimum atomic E-state index is 0. The zero-order valence-electron chi connectivity index (χ0n) is 18.6. The lowest BCUT2D eigenvalue weighted by atomic mass is 10.0. The topological polar surface area (TPSA) is 78.6 Å². The third kappa shape index (κ3) is 8.57. The first-order valence-corrected chi connectivity index (χ1v) is 11.3. The van der Waals surface area contributed by atoms with Gasteiger partial charge in [0.2, 0.25) is 11.7 Å². The Morgan fingerprint density at radius 1 is 1.32 bits per heavy atom. The van der Waals surface area contributed by atoms with Crippen molar-refractivity contribution < 1.29 is 4.52 Å². The second kappa shape index (κ2) is 13.2. The van der Waals surface area contributed by atoms with Gasteiger partial charge in [0.15, 0.2) is 5.96 Å². The Labute approximate surface area is 207 Å². The van der Waals surface area contributed by atoms with Crippen LogP contribution in [0.15, 0.2) is 33.8 Å². The molecule has 0 amide bonds. The molecule has 2 N–H and O–H groups in total. The second-order valence-electron chi connectivity index (χ2n) is 8.15. The van der Waals surface area contributed by atoms with Gasteiger partial charge in [0.05, 0.1) is 6.54 Å².